The number of rotatable bonds is 2. The molecule has 0 radical (unpaired) electrons. The Bertz CT molecular complexity index is 693. The minimum Gasteiger partial charge on any atom is -0.405 e. The van der Waals surface area contributed by atoms with Gasteiger partial charge < -0.3 is 20.2 Å². The number of piperidine rings is 2. The molecule has 6 nitrogen and oxygen atoms in total. The second-order valence-electron chi connectivity index (χ2n) is 9.47. The van der Waals surface area contributed by atoms with Gasteiger partial charge in [-0.2, -0.15) is 0 Å². The van der Waals surface area contributed by atoms with E-state index < -0.39 is 11.3 Å². The maximum Gasteiger partial charge on any atom is 0.254 e. The molecule has 3 aliphatic rings. The summed E-state index contributed by atoms with van der Waals surface area (Å²) in [5.74, 6) is 0.869. The van der Waals surface area contributed by atoms with E-state index in [1.54, 1.807) is 0 Å². The van der Waals surface area contributed by atoms with Gasteiger partial charge in [-0.15, -0.1) is 5.06 Å². The minimum absolute atomic E-state index is 0.0491. The lowest BCUT2D eigenvalue weighted by atomic mass is 9.76. The van der Waals surface area contributed by atoms with Gasteiger partial charge in [0.1, 0.15) is 11.5 Å². The third-order valence-electron chi connectivity index (χ3n) is 6.03. The van der Waals surface area contributed by atoms with Gasteiger partial charge in [0.25, 0.3) is 5.91 Å². The fourth-order valence-electron chi connectivity index (χ4n) is 5.34. The lowest BCUT2D eigenvalue weighted by Crippen LogP contribution is -2.69. The first-order valence-electron chi connectivity index (χ1n) is 9.94. The predicted molar refractivity (Wildman–Crippen MR) is 103 cm³/mol. The van der Waals surface area contributed by atoms with E-state index in [1.807, 2.05) is 30.3 Å². The summed E-state index contributed by atoms with van der Waals surface area (Å²) in [6.45, 7) is 10.3. The summed E-state index contributed by atoms with van der Waals surface area (Å²) in [5.41, 5.74) is -1.95. The summed E-state index contributed by atoms with van der Waals surface area (Å²) >= 11 is 0. The molecule has 3 aliphatic heterocycles. The number of amides is 1. The van der Waals surface area contributed by atoms with Gasteiger partial charge in [-0.1, -0.05) is 18.2 Å². The molecule has 148 valence electrons. The zero-order chi connectivity index (χ0) is 19.3. The number of carbonyl (C=O) groups excluding carboxylic acids is 1. The van der Waals surface area contributed by atoms with Gasteiger partial charge in [0.2, 0.25) is 0 Å². The number of para-hydroxylation sites is 1. The van der Waals surface area contributed by atoms with E-state index in [4.69, 9.17) is 9.57 Å². The van der Waals surface area contributed by atoms with E-state index in [9.17, 15) is 4.79 Å². The van der Waals surface area contributed by atoms with E-state index in [0.717, 1.165) is 31.7 Å². The van der Waals surface area contributed by atoms with Crippen LogP contribution in [0.4, 0.5) is 0 Å². The van der Waals surface area contributed by atoms with Crippen LogP contribution in [0.5, 0.6) is 5.75 Å². The van der Waals surface area contributed by atoms with Crippen molar-refractivity contribution in [1.29, 1.82) is 0 Å². The fraction of sp³-hybridized carbons (Fsp3) is 0.667. The van der Waals surface area contributed by atoms with Crippen molar-refractivity contribution in [2.24, 2.45) is 0 Å². The SMILES string of the molecule is CC1(C)CC2(CC(C)(C)N1Oc1ccccc1)NC(=O)C1(CCNCC1)O2. The normalized spacial score (nSPS) is 28.2. The maximum atomic E-state index is 12.9. The molecule has 27 heavy (non-hydrogen) atoms. The molecule has 0 bridgehead atoms. The average molecular weight is 373 g/mol. The van der Waals surface area contributed by atoms with E-state index in [2.05, 4.69) is 43.4 Å². The molecule has 0 atom stereocenters. The molecule has 0 aromatic heterocycles. The smallest absolute Gasteiger partial charge is 0.254 e. The molecule has 3 saturated heterocycles. The van der Waals surface area contributed by atoms with Gasteiger partial charge in [0.15, 0.2) is 5.60 Å². The van der Waals surface area contributed by atoms with Crippen LogP contribution in [0.15, 0.2) is 30.3 Å². The first-order chi connectivity index (χ1) is 12.7. The zero-order valence-electron chi connectivity index (χ0n) is 16.8. The van der Waals surface area contributed by atoms with Crippen molar-refractivity contribution in [3.8, 4) is 5.75 Å². The van der Waals surface area contributed by atoms with Crippen LogP contribution >= 0.6 is 0 Å². The van der Waals surface area contributed by atoms with Gasteiger partial charge in [-0.25, -0.2) is 0 Å². The molecule has 4 rings (SSSR count). The first-order valence-corrected chi connectivity index (χ1v) is 9.94. The Hall–Kier alpha value is -1.63. The molecule has 2 N–H and O–H groups in total. The van der Waals surface area contributed by atoms with E-state index in [-0.39, 0.29) is 17.0 Å². The van der Waals surface area contributed by atoms with Crippen LogP contribution in [-0.4, -0.2) is 46.5 Å². The standard InChI is InChI=1S/C21H31N3O3/c1-18(2)14-21(23-17(25)20(27-21)10-12-22-13-11-20)15-19(3,4)24(18)26-16-8-6-5-7-9-16/h5-9,22H,10-15H2,1-4H3,(H,23,25). The minimum atomic E-state index is -0.681. The molecule has 0 unspecified atom stereocenters. The second kappa shape index (κ2) is 6.19. The first kappa shape index (κ1) is 18.7. The number of nitrogens with zero attached hydrogens (tertiary/aromatic N) is 1. The second-order valence-corrected chi connectivity index (χ2v) is 9.47. The third kappa shape index (κ3) is 3.24. The summed E-state index contributed by atoms with van der Waals surface area (Å²) in [4.78, 5) is 19.2. The molecule has 1 aromatic carbocycles. The Morgan fingerprint density at radius 1 is 1.00 bits per heavy atom. The molecule has 1 aromatic rings. The molecule has 6 heteroatoms. The molecular weight excluding hydrogens is 342 g/mol. The quantitative estimate of drug-likeness (QED) is 0.834. The fourth-order valence-corrected chi connectivity index (χ4v) is 5.34. The summed E-state index contributed by atoms with van der Waals surface area (Å²) in [6, 6.07) is 9.86. The lowest BCUT2D eigenvalue weighted by Gasteiger charge is -2.56. The topological polar surface area (TPSA) is 62.8 Å². The molecule has 3 fully saturated rings. The Kier molecular flexibility index (Phi) is 4.29. The molecule has 0 saturated carbocycles. The van der Waals surface area contributed by atoms with Crippen molar-refractivity contribution >= 4 is 5.91 Å². The average Bonchev–Trinajstić information content (AvgIpc) is 2.82. The van der Waals surface area contributed by atoms with Gasteiger partial charge in [0.05, 0.1) is 11.1 Å². The van der Waals surface area contributed by atoms with Crippen molar-refractivity contribution in [3.05, 3.63) is 30.3 Å². The van der Waals surface area contributed by atoms with Gasteiger partial charge in [-0.05, 0) is 65.8 Å². The number of benzene rings is 1. The number of carbonyl (C=O) groups is 1. The Balaban J connectivity index is 1.60. The Morgan fingerprint density at radius 3 is 2.19 bits per heavy atom. The highest BCUT2D eigenvalue weighted by Gasteiger charge is 2.63. The largest absolute Gasteiger partial charge is 0.405 e. The van der Waals surface area contributed by atoms with Crippen molar-refractivity contribution in [1.82, 2.24) is 15.7 Å². The third-order valence-corrected chi connectivity index (χ3v) is 6.03. The summed E-state index contributed by atoms with van der Waals surface area (Å²) < 4.78 is 6.62. The molecule has 1 amide bonds. The molecule has 3 heterocycles. The van der Waals surface area contributed by atoms with E-state index in [1.165, 1.54) is 0 Å². The van der Waals surface area contributed by atoms with Crippen LogP contribution in [-0.2, 0) is 9.53 Å². The highest BCUT2D eigenvalue weighted by Crippen LogP contribution is 2.49. The van der Waals surface area contributed by atoms with Gasteiger partial charge >= 0.3 is 0 Å². The maximum absolute atomic E-state index is 12.9. The van der Waals surface area contributed by atoms with Crippen molar-refractivity contribution < 1.29 is 14.4 Å². The Labute approximate surface area is 161 Å². The van der Waals surface area contributed by atoms with Gasteiger partial charge in [0, 0.05) is 12.8 Å². The summed E-state index contributed by atoms with van der Waals surface area (Å²) in [7, 11) is 0. The molecule has 0 aliphatic carbocycles. The highest BCUT2D eigenvalue weighted by molar-refractivity contribution is 5.88. The van der Waals surface area contributed by atoms with Crippen LogP contribution in [0.3, 0.4) is 0 Å². The predicted octanol–water partition coefficient (Wildman–Crippen LogP) is 2.60. The highest BCUT2D eigenvalue weighted by atomic mass is 16.7. The lowest BCUT2D eigenvalue weighted by molar-refractivity contribution is -0.271. The van der Waals surface area contributed by atoms with Gasteiger partial charge in [-0.3, -0.25) is 4.79 Å². The number of hydrogen-bond acceptors (Lipinski definition) is 5. The van der Waals surface area contributed by atoms with Crippen LogP contribution in [0.2, 0.25) is 0 Å². The van der Waals surface area contributed by atoms with Crippen LogP contribution < -0.4 is 15.5 Å². The summed E-state index contributed by atoms with van der Waals surface area (Å²) in [5, 5.41) is 8.65. The van der Waals surface area contributed by atoms with E-state index >= 15 is 0 Å². The van der Waals surface area contributed by atoms with Crippen LogP contribution in [0, 0.1) is 0 Å². The number of hydroxylamine groups is 2. The van der Waals surface area contributed by atoms with Crippen molar-refractivity contribution in [3.63, 3.8) is 0 Å². The Morgan fingerprint density at radius 2 is 1.59 bits per heavy atom. The molecule has 2 spiro atoms. The van der Waals surface area contributed by atoms with E-state index in [0.29, 0.717) is 12.8 Å². The molecular formula is C21H31N3O3. The van der Waals surface area contributed by atoms with Crippen molar-refractivity contribution in [2.45, 2.75) is 75.8 Å². The summed E-state index contributed by atoms with van der Waals surface area (Å²) in [6.07, 6.45) is 2.81. The zero-order valence-corrected chi connectivity index (χ0v) is 16.8. The van der Waals surface area contributed by atoms with Crippen LogP contribution in [0.25, 0.3) is 0 Å². The monoisotopic (exact) mass is 373 g/mol. The van der Waals surface area contributed by atoms with Crippen LogP contribution in [0.1, 0.15) is 53.4 Å². The van der Waals surface area contributed by atoms with Crippen molar-refractivity contribution in [2.75, 3.05) is 13.1 Å². The number of nitrogens with one attached hydrogen (secondary N) is 2. The number of ether oxygens (including phenoxy) is 1. The number of hydrogen-bond donors (Lipinski definition) is 2.